The molecule has 0 bridgehead atoms. The predicted molar refractivity (Wildman–Crippen MR) is 80.9 cm³/mol. The number of phenols is 1. The molecule has 0 aliphatic carbocycles. The van der Waals surface area contributed by atoms with Crippen molar-refractivity contribution in [2.45, 2.75) is 13.5 Å². The number of nitrogens with one attached hydrogen (secondary N) is 1. The Morgan fingerprint density at radius 1 is 1.30 bits per heavy atom. The summed E-state index contributed by atoms with van der Waals surface area (Å²) in [5, 5.41) is 12.8. The summed E-state index contributed by atoms with van der Waals surface area (Å²) in [6, 6.07) is 5.27. The number of phenolic OH excluding ortho intramolecular Hbond substituents is 1. The first-order valence-electron chi connectivity index (χ1n) is 6.14. The summed E-state index contributed by atoms with van der Waals surface area (Å²) in [5.74, 6) is 0.276. The fourth-order valence-corrected chi connectivity index (χ4v) is 2.39. The van der Waals surface area contributed by atoms with Crippen molar-refractivity contribution in [2.24, 2.45) is 0 Å². The molecule has 3 rings (SSSR count). The zero-order valence-electron chi connectivity index (χ0n) is 10.8. The summed E-state index contributed by atoms with van der Waals surface area (Å²) >= 11 is 3.36. The van der Waals surface area contributed by atoms with Gasteiger partial charge in [-0.1, -0.05) is 0 Å². The van der Waals surface area contributed by atoms with Crippen LogP contribution in [-0.2, 0) is 6.54 Å². The number of hydrogen-bond donors (Lipinski definition) is 2. The van der Waals surface area contributed by atoms with E-state index in [-0.39, 0.29) is 5.75 Å². The third-order valence-electron chi connectivity index (χ3n) is 3.11. The van der Waals surface area contributed by atoms with E-state index in [0.717, 1.165) is 27.2 Å². The van der Waals surface area contributed by atoms with Gasteiger partial charge in [-0.25, -0.2) is 9.97 Å². The molecule has 3 aromatic rings. The van der Waals surface area contributed by atoms with Gasteiger partial charge in [-0.05, 0) is 46.6 Å². The standard InChI is InChI=1S/C14H13BrN4O/c1-9-4-11(20)2-3-12(9)16-5-10-6-18-14-7-17-13(15)8-19(10)14/h2-4,6-8,16,20H,5H2,1H3. The molecule has 0 aliphatic heterocycles. The van der Waals surface area contributed by atoms with Gasteiger partial charge in [-0.2, -0.15) is 0 Å². The maximum absolute atomic E-state index is 9.41. The van der Waals surface area contributed by atoms with Crippen LogP contribution >= 0.6 is 15.9 Å². The van der Waals surface area contributed by atoms with Gasteiger partial charge in [-0.3, -0.25) is 4.40 Å². The average Bonchev–Trinajstić information content (AvgIpc) is 2.80. The Kier molecular flexibility index (Phi) is 3.31. The van der Waals surface area contributed by atoms with E-state index in [0.29, 0.717) is 6.54 Å². The van der Waals surface area contributed by atoms with Crippen molar-refractivity contribution >= 4 is 27.3 Å². The van der Waals surface area contributed by atoms with Crippen LogP contribution in [0.4, 0.5) is 5.69 Å². The molecule has 6 heteroatoms. The fraction of sp³-hybridized carbons (Fsp3) is 0.143. The van der Waals surface area contributed by atoms with Gasteiger partial charge in [0.25, 0.3) is 0 Å². The van der Waals surface area contributed by atoms with Crippen LogP contribution in [-0.4, -0.2) is 19.5 Å². The van der Waals surface area contributed by atoms with Crippen molar-refractivity contribution in [1.82, 2.24) is 14.4 Å². The third kappa shape index (κ3) is 2.46. The van der Waals surface area contributed by atoms with Gasteiger partial charge in [-0.15, -0.1) is 0 Å². The second kappa shape index (κ2) is 5.13. The number of halogens is 1. The van der Waals surface area contributed by atoms with Gasteiger partial charge >= 0.3 is 0 Å². The summed E-state index contributed by atoms with van der Waals surface area (Å²) in [5.41, 5.74) is 3.84. The first-order chi connectivity index (χ1) is 9.63. The molecule has 5 nitrogen and oxygen atoms in total. The van der Waals surface area contributed by atoms with Gasteiger partial charge < -0.3 is 10.4 Å². The number of aromatic hydroxyl groups is 1. The van der Waals surface area contributed by atoms with E-state index in [1.165, 1.54) is 0 Å². The van der Waals surface area contributed by atoms with Crippen molar-refractivity contribution in [2.75, 3.05) is 5.32 Å². The largest absolute Gasteiger partial charge is 0.508 e. The summed E-state index contributed by atoms with van der Waals surface area (Å²) in [4.78, 5) is 8.46. The van der Waals surface area contributed by atoms with Crippen LogP contribution < -0.4 is 5.32 Å². The molecule has 20 heavy (non-hydrogen) atoms. The molecule has 2 N–H and O–H groups in total. The monoisotopic (exact) mass is 332 g/mol. The van der Waals surface area contributed by atoms with E-state index in [4.69, 9.17) is 0 Å². The molecule has 0 aliphatic rings. The van der Waals surface area contributed by atoms with E-state index in [1.807, 2.05) is 29.8 Å². The molecule has 102 valence electrons. The molecule has 0 fully saturated rings. The van der Waals surface area contributed by atoms with Gasteiger partial charge in [0, 0.05) is 11.9 Å². The number of nitrogens with zero attached hydrogens (tertiary/aromatic N) is 3. The van der Waals surface area contributed by atoms with E-state index in [2.05, 4.69) is 31.2 Å². The minimum Gasteiger partial charge on any atom is -0.508 e. The first kappa shape index (κ1) is 12.9. The highest BCUT2D eigenvalue weighted by Crippen LogP contribution is 2.21. The fourth-order valence-electron chi connectivity index (χ4n) is 2.08. The lowest BCUT2D eigenvalue weighted by Gasteiger charge is -2.09. The number of aryl methyl sites for hydroxylation is 1. The number of fused-ring (bicyclic) bond motifs is 1. The van der Waals surface area contributed by atoms with Crippen LogP contribution in [0.15, 0.2) is 41.4 Å². The van der Waals surface area contributed by atoms with Crippen LogP contribution in [0.5, 0.6) is 5.75 Å². The summed E-state index contributed by atoms with van der Waals surface area (Å²) in [6.07, 6.45) is 5.44. The van der Waals surface area contributed by atoms with Crippen LogP contribution in [0.1, 0.15) is 11.3 Å². The van der Waals surface area contributed by atoms with Gasteiger partial charge in [0.2, 0.25) is 0 Å². The maximum atomic E-state index is 9.41. The number of hydrogen-bond acceptors (Lipinski definition) is 4. The highest BCUT2D eigenvalue weighted by molar-refractivity contribution is 9.10. The van der Waals surface area contributed by atoms with Crippen molar-refractivity contribution in [1.29, 1.82) is 0 Å². The van der Waals surface area contributed by atoms with E-state index in [9.17, 15) is 5.11 Å². The van der Waals surface area contributed by atoms with Crippen LogP contribution in [0.2, 0.25) is 0 Å². The molecule has 1 aromatic carbocycles. The predicted octanol–water partition coefficient (Wildman–Crippen LogP) is 3.12. The molecule has 2 heterocycles. The molecule has 0 saturated heterocycles. The average molecular weight is 333 g/mol. The Hall–Kier alpha value is -2.08. The van der Waals surface area contributed by atoms with Gasteiger partial charge in [0.1, 0.15) is 10.4 Å². The third-order valence-corrected chi connectivity index (χ3v) is 3.52. The Morgan fingerprint density at radius 2 is 2.15 bits per heavy atom. The van der Waals surface area contributed by atoms with E-state index in [1.54, 1.807) is 18.3 Å². The Labute approximate surface area is 124 Å². The minimum absolute atomic E-state index is 0.276. The maximum Gasteiger partial charge on any atom is 0.155 e. The molecule has 0 atom stereocenters. The lowest BCUT2D eigenvalue weighted by Crippen LogP contribution is -2.04. The molecule has 2 aromatic heterocycles. The summed E-state index contributed by atoms with van der Waals surface area (Å²) in [7, 11) is 0. The number of aromatic nitrogens is 3. The molecule has 0 unspecified atom stereocenters. The number of rotatable bonds is 3. The molecule has 0 amide bonds. The quantitative estimate of drug-likeness (QED) is 0.723. The Bertz CT molecular complexity index is 769. The van der Waals surface area contributed by atoms with Crippen molar-refractivity contribution in [3.05, 3.63) is 52.7 Å². The Balaban J connectivity index is 1.85. The minimum atomic E-state index is 0.276. The lowest BCUT2D eigenvalue weighted by atomic mass is 10.2. The normalized spacial score (nSPS) is 10.9. The van der Waals surface area contributed by atoms with E-state index >= 15 is 0 Å². The smallest absolute Gasteiger partial charge is 0.155 e. The van der Waals surface area contributed by atoms with Crippen molar-refractivity contribution in [3.8, 4) is 5.75 Å². The van der Waals surface area contributed by atoms with Gasteiger partial charge in [0.15, 0.2) is 5.65 Å². The molecule has 0 saturated carbocycles. The highest BCUT2D eigenvalue weighted by atomic mass is 79.9. The van der Waals surface area contributed by atoms with Crippen LogP contribution in [0.3, 0.4) is 0 Å². The molecule has 0 radical (unpaired) electrons. The zero-order chi connectivity index (χ0) is 14.1. The van der Waals surface area contributed by atoms with Crippen molar-refractivity contribution in [3.63, 3.8) is 0 Å². The topological polar surface area (TPSA) is 62.5 Å². The van der Waals surface area contributed by atoms with Crippen LogP contribution in [0, 0.1) is 6.92 Å². The summed E-state index contributed by atoms with van der Waals surface area (Å²) in [6.45, 7) is 2.60. The molecular formula is C14H13BrN4O. The first-order valence-corrected chi connectivity index (χ1v) is 6.94. The lowest BCUT2D eigenvalue weighted by molar-refractivity contribution is 0.475. The summed E-state index contributed by atoms with van der Waals surface area (Å²) < 4.78 is 2.75. The second-order valence-electron chi connectivity index (χ2n) is 4.54. The van der Waals surface area contributed by atoms with E-state index < -0.39 is 0 Å². The number of benzene rings is 1. The molecular weight excluding hydrogens is 320 g/mol. The zero-order valence-corrected chi connectivity index (χ0v) is 12.4. The molecule has 0 spiro atoms. The van der Waals surface area contributed by atoms with Crippen molar-refractivity contribution < 1.29 is 5.11 Å². The SMILES string of the molecule is Cc1cc(O)ccc1NCc1cnc2cnc(Br)cn12. The highest BCUT2D eigenvalue weighted by Gasteiger charge is 2.05. The van der Waals surface area contributed by atoms with Gasteiger partial charge in [0.05, 0.1) is 24.6 Å². The Morgan fingerprint density at radius 3 is 2.95 bits per heavy atom. The second-order valence-corrected chi connectivity index (χ2v) is 5.35. The van der Waals surface area contributed by atoms with Crippen LogP contribution in [0.25, 0.3) is 5.65 Å². The number of imidazole rings is 1. The number of anilines is 1.